The number of hydrogen-bond acceptors (Lipinski definition) is 6. The van der Waals surface area contributed by atoms with Crippen LogP contribution in [-0.4, -0.2) is 16.6 Å². The number of benzene rings is 2. The van der Waals surface area contributed by atoms with Gasteiger partial charge in [-0.15, -0.1) is 11.8 Å². The number of aromatic nitrogens is 1. The predicted octanol–water partition coefficient (Wildman–Crippen LogP) is 5.12. The fourth-order valence-corrected chi connectivity index (χ4v) is 4.25. The van der Waals surface area contributed by atoms with Crippen molar-refractivity contribution in [3.63, 3.8) is 0 Å². The van der Waals surface area contributed by atoms with Gasteiger partial charge in [-0.1, -0.05) is 47.5 Å². The number of amides is 1. The first-order chi connectivity index (χ1) is 15.3. The lowest BCUT2D eigenvalue weighted by Gasteiger charge is -2.13. The van der Waals surface area contributed by atoms with Crippen LogP contribution in [0.25, 0.3) is 11.1 Å². The Morgan fingerprint density at radius 1 is 1.03 bits per heavy atom. The maximum Gasteiger partial charge on any atom is 0.225 e. The maximum atomic E-state index is 12.4. The molecule has 160 valence electrons. The minimum atomic E-state index is -0.122. The van der Waals surface area contributed by atoms with Crippen LogP contribution >= 0.6 is 11.8 Å². The number of pyridine rings is 1. The van der Waals surface area contributed by atoms with E-state index in [1.165, 1.54) is 11.8 Å². The van der Waals surface area contributed by atoms with E-state index in [-0.39, 0.29) is 23.7 Å². The molecule has 0 aliphatic heterocycles. The van der Waals surface area contributed by atoms with Crippen LogP contribution in [0.4, 0.5) is 11.5 Å². The molecule has 0 spiro atoms. The Labute approximate surface area is 192 Å². The minimum absolute atomic E-state index is 0.0734. The molecule has 0 saturated heterocycles. The van der Waals surface area contributed by atoms with E-state index in [4.69, 9.17) is 5.73 Å². The van der Waals surface area contributed by atoms with Gasteiger partial charge in [-0.25, -0.2) is 4.98 Å². The van der Waals surface area contributed by atoms with Crippen molar-refractivity contribution in [3.8, 4) is 23.3 Å². The van der Waals surface area contributed by atoms with Crippen molar-refractivity contribution in [1.29, 1.82) is 10.5 Å². The number of nitrogens with zero attached hydrogens (tertiary/aromatic N) is 3. The van der Waals surface area contributed by atoms with E-state index in [2.05, 4.69) is 22.4 Å². The lowest BCUT2D eigenvalue weighted by atomic mass is 9.96. The molecule has 0 saturated carbocycles. The molecular formula is C25H23N5OS. The van der Waals surface area contributed by atoms with Crippen molar-refractivity contribution < 1.29 is 4.79 Å². The number of hydrogen-bond donors (Lipinski definition) is 2. The average Bonchev–Trinajstić information content (AvgIpc) is 2.76. The molecule has 3 N–H and O–H groups in total. The standard InChI is InChI=1S/C25H23N5OS/c1-15-4-7-18(8-5-15)23-19(13-26)24(28)30-25(20(23)14-27)32-11-10-22(31)29-21-9-6-16(2)12-17(21)3/h4-9,12H,10-11H2,1-3H3,(H2,28,30)(H,29,31). The largest absolute Gasteiger partial charge is 0.383 e. The molecule has 1 heterocycles. The van der Waals surface area contributed by atoms with E-state index >= 15 is 0 Å². The van der Waals surface area contributed by atoms with Crippen molar-refractivity contribution in [3.05, 3.63) is 70.3 Å². The van der Waals surface area contributed by atoms with Gasteiger partial charge < -0.3 is 11.1 Å². The van der Waals surface area contributed by atoms with Crippen LogP contribution in [0, 0.1) is 43.4 Å². The van der Waals surface area contributed by atoms with E-state index in [1.807, 2.05) is 63.2 Å². The molecule has 7 heteroatoms. The molecule has 0 aliphatic rings. The summed E-state index contributed by atoms with van der Waals surface area (Å²) in [7, 11) is 0. The molecule has 0 fully saturated rings. The van der Waals surface area contributed by atoms with E-state index < -0.39 is 0 Å². The van der Waals surface area contributed by atoms with Crippen molar-refractivity contribution in [2.45, 2.75) is 32.2 Å². The van der Waals surface area contributed by atoms with Crippen molar-refractivity contribution in [1.82, 2.24) is 4.98 Å². The van der Waals surface area contributed by atoms with Crippen molar-refractivity contribution >= 4 is 29.2 Å². The smallest absolute Gasteiger partial charge is 0.225 e. The maximum absolute atomic E-state index is 12.4. The highest BCUT2D eigenvalue weighted by molar-refractivity contribution is 7.99. The summed E-state index contributed by atoms with van der Waals surface area (Å²) in [5.74, 6) is 0.365. The molecule has 6 nitrogen and oxygen atoms in total. The van der Waals surface area contributed by atoms with Crippen LogP contribution in [0.3, 0.4) is 0 Å². The van der Waals surface area contributed by atoms with Gasteiger partial charge in [0.15, 0.2) is 0 Å². The number of nitrogens with one attached hydrogen (secondary N) is 1. The number of nitrogens with two attached hydrogens (primary N) is 1. The molecule has 0 aliphatic carbocycles. The quantitative estimate of drug-likeness (QED) is 0.513. The molecule has 1 aromatic heterocycles. The monoisotopic (exact) mass is 441 g/mol. The third-order valence-electron chi connectivity index (χ3n) is 4.98. The Balaban J connectivity index is 1.81. The molecule has 0 bridgehead atoms. The van der Waals surface area contributed by atoms with Crippen LogP contribution in [-0.2, 0) is 4.79 Å². The molecule has 3 rings (SSSR count). The van der Waals surface area contributed by atoms with Gasteiger partial charge in [-0.3, -0.25) is 4.79 Å². The van der Waals surface area contributed by atoms with Crippen molar-refractivity contribution in [2.75, 3.05) is 16.8 Å². The molecule has 1 amide bonds. The lowest BCUT2D eigenvalue weighted by Crippen LogP contribution is -2.13. The molecule has 3 aromatic rings. The summed E-state index contributed by atoms with van der Waals surface area (Å²) in [6, 6.07) is 17.7. The van der Waals surface area contributed by atoms with Gasteiger partial charge >= 0.3 is 0 Å². The predicted molar refractivity (Wildman–Crippen MR) is 128 cm³/mol. The highest BCUT2D eigenvalue weighted by Crippen LogP contribution is 2.35. The van der Waals surface area contributed by atoms with Crippen LogP contribution in [0.2, 0.25) is 0 Å². The van der Waals surface area contributed by atoms with Gasteiger partial charge in [0.05, 0.1) is 5.56 Å². The van der Waals surface area contributed by atoms with Crippen LogP contribution in [0.15, 0.2) is 47.5 Å². The lowest BCUT2D eigenvalue weighted by molar-refractivity contribution is -0.115. The third-order valence-corrected chi connectivity index (χ3v) is 5.96. The Morgan fingerprint density at radius 2 is 1.69 bits per heavy atom. The number of anilines is 2. The summed E-state index contributed by atoms with van der Waals surface area (Å²) in [4.78, 5) is 16.7. The van der Waals surface area contributed by atoms with Gasteiger partial charge in [0, 0.05) is 23.4 Å². The second-order valence-corrected chi connectivity index (χ2v) is 8.57. The van der Waals surface area contributed by atoms with E-state index in [0.717, 1.165) is 27.9 Å². The Bertz CT molecular complexity index is 1250. The second-order valence-electron chi connectivity index (χ2n) is 7.48. The fraction of sp³-hybridized carbons (Fsp3) is 0.200. The molecule has 0 radical (unpaired) electrons. The number of aryl methyl sites for hydroxylation is 3. The zero-order valence-corrected chi connectivity index (χ0v) is 19.0. The summed E-state index contributed by atoms with van der Waals surface area (Å²) in [5.41, 5.74) is 11.7. The first-order valence-electron chi connectivity index (χ1n) is 10.0. The molecule has 2 aromatic carbocycles. The first-order valence-corrected chi connectivity index (χ1v) is 11.0. The summed E-state index contributed by atoms with van der Waals surface area (Å²) in [6.45, 7) is 5.92. The zero-order chi connectivity index (χ0) is 23.3. The number of thioether (sulfide) groups is 1. The van der Waals surface area contributed by atoms with Crippen molar-refractivity contribution in [2.24, 2.45) is 0 Å². The van der Waals surface area contributed by atoms with Crippen LogP contribution in [0.5, 0.6) is 0 Å². The fourth-order valence-electron chi connectivity index (χ4n) is 3.32. The molecule has 0 atom stereocenters. The number of carbonyl (C=O) groups is 1. The highest BCUT2D eigenvalue weighted by Gasteiger charge is 2.20. The first kappa shape index (κ1) is 22.9. The number of carbonyl (C=O) groups excluding carboxylic acids is 1. The second kappa shape index (κ2) is 10.00. The molecule has 32 heavy (non-hydrogen) atoms. The Morgan fingerprint density at radius 3 is 2.31 bits per heavy atom. The zero-order valence-electron chi connectivity index (χ0n) is 18.2. The summed E-state index contributed by atoms with van der Waals surface area (Å²) < 4.78 is 0. The van der Waals surface area contributed by atoms with Crippen LogP contribution < -0.4 is 11.1 Å². The molecular weight excluding hydrogens is 418 g/mol. The third kappa shape index (κ3) is 5.08. The average molecular weight is 442 g/mol. The van der Waals surface area contributed by atoms with E-state index in [1.54, 1.807) is 0 Å². The minimum Gasteiger partial charge on any atom is -0.383 e. The topological polar surface area (TPSA) is 116 Å². The van der Waals surface area contributed by atoms with Gasteiger partial charge in [-0.2, -0.15) is 10.5 Å². The van der Waals surface area contributed by atoms with Gasteiger partial charge in [0.25, 0.3) is 0 Å². The SMILES string of the molecule is Cc1ccc(-c2c(C#N)c(N)nc(SCCC(=O)Nc3ccc(C)cc3C)c2C#N)cc1. The molecule has 0 unspecified atom stereocenters. The number of nitrogen functional groups attached to an aromatic ring is 1. The summed E-state index contributed by atoms with van der Waals surface area (Å²) >= 11 is 1.28. The number of rotatable bonds is 6. The van der Waals surface area contributed by atoms with Gasteiger partial charge in [0.1, 0.15) is 28.5 Å². The van der Waals surface area contributed by atoms with Gasteiger partial charge in [-0.05, 0) is 38.0 Å². The van der Waals surface area contributed by atoms with Gasteiger partial charge in [0.2, 0.25) is 5.91 Å². The highest BCUT2D eigenvalue weighted by atomic mass is 32.2. The number of nitriles is 2. The summed E-state index contributed by atoms with van der Waals surface area (Å²) in [6.07, 6.45) is 0.240. The normalized spacial score (nSPS) is 10.3. The Kier molecular flexibility index (Phi) is 7.14. The van der Waals surface area contributed by atoms with E-state index in [0.29, 0.717) is 21.9 Å². The Hall–Kier alpha value is -3.81. The van der Waals surface area contributed by atoms with E-state index in [9.17, 15) is 15.3 Å². The van der Waals surface area contributed by atoms with Crippen LogP contribution in [0.1, 0.15) is 34.2 Å². The summed E-state index contributed by atoms with van der Waals surface area (Å²) in [5, 5.41) is 22.8.